The number of nitriles is 1. The normalized spacial score (nSPS) is 21.7. The van der Waals surface area contributed by atoms with Crippen LogP contribution >= 0.6 is 0 Å². The minimum absolute atomic E-state index is 0.219. The molecule has 3 heterocycles. The Kier molecular flexibility index (Phi) is 4.65. The van der Waals surface area contributed by atoms with Gasteiger partial charge in [-0.15, -0.1) is 0 Å². The van der Waals surface area contributed by atoms with Gasteiger partial charge in [0.05, 0.1) is 24.4 Å². The molecule has 1 spiro atoms. The number of nitrogens with zero attached hydrogens (tertiary/aromatic N) is 3. The molecule has 7 heteroatoms. The van der Waals surface area contributed by atoms with E-state index in [4.69, 9.17) is 14.5 Å². The van der Waals surface area contributed by atoms with E-state index in [0.29, 0.717) is 36.5 Å². The highest BCUT2D eigenvalue weighted by atomic mass is 16.7. The smallest absolute Gasteiger partial charge is 0.269 e. The first-order valence-corrected chi connectivity index (χ1v) is 8.93. The van der Waals surface area contributed by atoms with Gasteiger partial charge in [-0.1, -0.05) is 17.3 Å². The lowest BCUT2D eigenvalue weighted by Crippen LogP contribution is -2.36. The summed E-state index contributed by atoms with van der Waals surface area (Å²) in [5, 5.41) is 15.9. The summed E-state index contributed by atoms with van der Waals surface area (Å²) in [6.45, 7) is 2.66. The highest BCUT2D eigenvalue weighted by molar-refractivity contribution is 6.39. The third-order valence-electron chi connectivity index (χ3n) is 4.96. The van der Waals surface area contributed by atoms with Crippen molar-refractivity contribution < 1.29 is 14.0 Å². The summed E-state index contributed by atoms with van der Waals surface area (Å²) in [6, 6.07) is 13.4. The third-order valence-corrected chi connectivity index (χ3v) is 4.96. The number of oxime groups is 1. The molecule has 1 amide bonds. The minimum atomic E-state index is -0.426. The SMILES string of the molecule is N#Cc1cccc(CN2CCC3(CC(C(=O)NCc4ccco4)=NO3)C2)c1. The number of hydrogen-bond donors (Lipinski definition) is 1. The molecule has 1 fully saturated rings. The molecule has 0 saturated carbocycles. The molecule has 2 aromatic rings. The predicted octanol–water partition coefficient (Wildman–Crippen LogP) is 2.19. The second-order valence-electron chi connectivity index (χ2n) is 7.02. The second kappa shape index (κ2) is 7.25. The Morgan fingerprint density at radius 3 is 3.11 bits per heavy atom. The molecule has 138 valence electrons. The molecule has 2 aliphatic heterocycles. The number of carbonyl (C=O) groups is 1. The van der Waals surface area contributed by atoms with E-state index in [2.05, 4.69) is 21.4 Å². The van der Waals surface area contributed by atoms with Gasteiger partial charge < -0.3 is 14.6 Å². The zero-order valence-corrected chi connectivity index (χ0v) is 14.9. The molecule has 1 unspecified atom stereocenters. The number of furan rings is 1. The van der Waals surface area contributed by atoms with Gasteiger partial charge in [0.15, 0.2) is 5.60 Å². The van der Waals surface area contributed by atoms with Crippen molar-refractivity contribution in [2.24, 2.45) is 5.16 Å². The van der Waals surface area contributed by atoms with Crippen LogP contribution in [0, 0.1) is 11.3 Å². The number of benzene rings is 1. The lowest BCUT2D eigenvalue weighted by Gasteiger charge is -2.21. The van der Waals surface area contributed by atoms with Gasteiger partial charge in [-0.2, -0.15) is 5.26 Å². The second-order valence-corrected chi connectivity index (χ2v) is 7.02. The van der Waals surface area contributed by atoms with Gasteiger partial charge in [0, 0.05) is 32.5 Å². The van der Waals surface area contributed by atoms with Crippen molar-refractivity contribution in [3.63, 3.8) is 0 Å². The average Bonchev–Trinajstić information content (AvgIpc) is 3.43. The van der Waals surface area contributed by atoms with Crippen LogP contribution in [-0.2, 0) is 22.7 Å². The van der Waals surface area contributed by atoms with Gasteiger partial charge in [0.1, 0.15) is 11.5 Å². The molecule has 1 saturated heterocycles. The lowest BCUT2D eigenvalue weighted by atomic mass is 9.96. The van der Waals surface area contributed by atoms with Gasteiger partial charge >= 0.3 is 0 Å². The van der Waals surface area contributed by atoms with E-state index in [1.54, 1.807) is 18.4 Å². The topological polar surface area (TPSA) is 90.9 Å². The zero-order chi connectivity index (χ0) is 18.7. The summed E-state index contributed by atoms with van der Waals surface area (Å²) in [7, 11) is 0. The molecule has 4 rings (SSSR count). The van der Waals surface area contributed by atoms with Gasteiger partial charge in [0.2, 0.25) is 0 Å². The summed E-state index contributed by atoms with van der Waals surface area (Å²) >= 11 is 0. The van der Waals surface area contributed by atoms with Gasteiger partial charge in [-0.3, -0.25) is 9.69 Å². The zero-order valence-electron chi connectivity index (χ0n) is 14.9. The molecular formula is C20H20N4O3. The molecular weight excluding hydrogens is 344 g/mol. The summed E-state index contributed by atoms with van der Waals surface area (Å²) in [4.78, 5) is 20.3. The van der Waals surface area contributed by atoms with Crippen LogP contribution in [0.25, 0.3) is 0 Å². The van der Waals surface area contributed by atoms with E-state index in [1.807, 2.05) is 24.3 Å². The van der Waals surface area contributed by atoms with Crippen LogP contribution in [0.2, 0.25) is 0 Å². The summed E-state index contributed by atoms with van der Waals surface area (Å²) in [5.74, 6) is 0.479. The molecule has 27 heavy (non-hydrogen) atoms. The molecule has 1 aromatic carbocycles. The van der Waals surface area contributed by atoms with E-state index in [9.17, 15) is 4.79 Å². The number of carbonyl (C=O) groups excluding carboxylic acids is 1. The van der Waals surface area contributed by atoms with Crippen LogP contribution in [0.3, 0.4) is 0 Å². The van der Waals surface area contributed by atoms with E-state index in [1.165, 1.54) is 0 Å². The fourth-order valence-corrected chi connectivity index (χ4v) is 3.60. The van der Waals surface area contributed by atoms with Crippen molar-refractivity contribution in [3.8, 4) is 6.07 Å². The quantitative estimate of drug-likeness (QED) is 0.878. The number of likely N-dealkylation sites (tertiary alicyclic amines) is 1. The predicted molar refractivity (Wildman–Crippen MR) is 97.5 cm³/mol. The number of rotatable bonds is 5. The number of hydrogen-bond acceptors (Lipinski definition) is 6. The van der Waals surface area contributed by atoms with Crippen LogP contribution in [0.15, 0.2) is 52.2 Å². The van der Waals surface area contributed by atoms with Crippen LogP contribution < -0.4 is 5.32 Å². The first kappa shape index (κ1) is 17.3. The van der Waals surface area contributed by atoms with Crippen molar-refractivity contribution >= 4 is 11.6 Å². The van der Waals surface area contributed by atoms with E-state index in [0.717, 1.165) is 25.1 Å². The highest BCUT2D eigenvalue weighted by Crippen LogP contribution is 2.34. The van der Waals surface area contributed by atoms with Crippen LogP contribution in [0.1, 0.15) is 29.7 Å². The van der Waals surface area contributed by atoms with E-state index in [-0.39, 0.29) is 5.91 Å². The number of nitrogens with one attached hydrogen (secondary N) is 1. The molecule has 0 radical (unpaired) electrons. The van der Waals surface area contributed by atoms with Crippen molar-refractivity contribution in [2.75, 3.05) is 13.1 Å². The maximum absolute atomic E-state index is 12.3. The fraction of sp³-hybridized carbons (Fsp3) is 0.350. The van der Waals surface area contributed by atoms with Crippen molar-refractivity contribution in [1.82, 2.24) is 10.2 Å². The maximum Gasteiger partial charge on any atom is 0.269 e. The van der Waals surface area contributed by atoms with Gasteiger partial charge in [-0.25, -0.2) is 0 Å². The average molecular weight is 364 g/mol. The Labute approximate surface area is 157 Å². The molecule has 1 atom stereocenters. The molecule has 7 nitrogen and oxygen atoms in total. The lowest BCUT2D eigenvalue weighted by molar-refractivity contribution is -0.115. The summed E-state index contributed by atoms with van der Waals surface area (Å²) in [6.07, 6.45) is 2.90. The minimum Gasteiger partial charge on any atom is -0.467 e. The first-order chi connectivity index (χ1) is 13.2. The largest absolute Gasteiger partial charge is 0.467 e. The first-order valence-electron chi connectivity index (χ1n) is 8.93. The third kappa shape index (κ3) is 3.86. The maximum atomic E-state index is 12.3. The van der Waals surface area contributed by atoms with Crippen molar-refractivity contribution in [3.05, 3.63) is 59.5 Å². The van der Waals surface area contributed by atoms with Gasteiger partial charge in [0.25, 0.3) is 5.91 Å². The Balaban J connectivity index is 1.31. The molecule has 0 aliphatic carbocycles. The van der Waals surface area contributed by atoms with E-state index >= 15 is 0 Å². The molecule has 2 aliphatic rings. The Hall–Kier alpha value is -3.11. The summed E-state index contributed by atoms with van der Waals surface area (Å²) in [5.41, 5.74) is 1.76. The van der Waals surface area contributed by atoms with Crippen LogP contribution in [-0.4, -0.2) is 35.2 Å². The fourth-order valence-electron chi connectivity index (χ4n) is 3.60. The molecule has 1 aromatic heterocycles. The number of amides is 1. The standard InChI is InChI=1S/C20H20N4O3/c21-11-15-3-1-4-16(9-15)13-24-7-6-20(14-24)10-18(23-27-20)19(25)22-12-17-5-2-8-26-17/h1-5,8-9H,6-7,10,12-14H2,(H,22,25). The molecule has 1 N–H and O–H groups in total. The molecule has 0 bridgehead atoms. The van der Waals surface area contributed by atoms with E-state index < -0.39 is 5.60 Å². The Morgan fingerprint density at radius 1 is 1.37 bits per heavy atom. The Morgan fingerprint density at radius 2 is 2.30 bits per heavy atom. The monoisotopic (exact) mass is 364 g/mol. The van der Waals surface area contributed by atoms with Crippen molar-refractivity contribution in [1.29, 1.82) is 5.26 Å². The highest BCUT2D eigenvalue weighted by Gasteiger charge is 2.46. The van der Waals surface area contributed by atoms with Gasteiger partial charge in [-0.05, 0) is 29.8 Å². The summed E-state index contributed by atoms with van der Waals surface area (Å²) < 4.78 is 5.21. The van der Waals surface area contributed by atoms with Crippen LogP contribution in [0.4, 0.5) is 0 Å². The Bertz CT molecular complexity index is 900. The van der Waals surface area contributed by atoms with Crippen molar-refractivity contribution in [2.45, 2.75) is 31.5 Å². The van der Waals surface area contributed by atoms with Crippen LogP contribution in [0.5, 0.6) is 0 Å².